The summed E-state index contributed by atoms with van der Waals surface area (Å²) >= 11 is 0. The van der Waals surface area contributed by atoms with Crippen molar-refractivity contribution in [3.8, 4) is 5.75 Å². The number of methoxy groups -OCH3 is 1. The molecule has 0 aliphatic carbocycles. The van der Waals surface area contributed by atoms with Gasteiger partial charge in [0.05, 0.1) is 37.7 Å². The Hall–Kier alpha value is -1.88. The molecule has 5 heteroatoms. The van der Waals surface area contributed by atoms with Crippen LogP contribution in [0.1, 0.15) is 18.4 Å². The van der Waals surface area contributed by atoms with Gasteiger partial charge in [-0.1, -0.05) is 12.1 Å². The summed E-state index contributed by atoms with van der Waals surface area (Å²) in [5.41, 5.74) is 0.936. The Balaban J connectivity index is 1.55. The van der Waals surface area contributed by atoms with Crippen LogP contribution in [0.25, 0.3) is 0 Å². The normalized spacial score (nSPS) is 33.7. The molecule has 5 nitrogen and oxygen atoms in total. The van der Waals surface area contributed by atoms with E-state index in [0.717, 1.165) is 24.2 Å². The van der Waals surface area contributed by atoms with Gasteiger partial charge in [0.15, 0.2) is 0 Å². The second-order valence-corrected chi connectivity index (χ2v) is 5.95. The lowest BCUT2D eigenvalue weighted by Gasteiger charge is -2.17. The van der Waals surface area contributed by atoms with E-state index >= 15 is 0 Å². The van der Waals surface area contributed by atoms with Crippen molar-refractivity contribution in [1.82, 2.24) is 4.90 Å². The molecule has 21 heavy (non-hydrogen) atoms. The van der Waals surface area contributed by atoms with Crippen molar-refractivity contribution >= 4 is 11.8 Å². The molecule has 0 radical (unpaired) electrons. The topological polar surface area (TPSA) is 55.8 Å². The quantitative estimate of drug-likeness (QED) is 0.788. The molecular weight excluding hydrogens is 270 g/mol. The number of likely N-dealkylation sites (tertiary alicyclic amines) is 1. The summed E-state index contributed by atoms with van der Waals surface area (Å²) in [6.45, 7) is 0.341. The predicted molar refractivity (Wildman–Crippen MR) is 73.4 cm³/mol. The van der Waals surface area contributed by atoms with Crippen molar-refractivity contribution in [2.24, 2.45) is 11.8 Å². The molecule has 0 spiro atoms. The number of nitrogens with zero attached hydrogens (tertiary/aromatic N) is 1. The summed E-state index contributed by atoms with van der Waals surface area (Å²) in [4.78, 5) is 26.4. The van der Waals surface area contributed by atoms with Crippen LogP contribution in [0.15, 0.2) is 24.3 Å². The van der Waals surface area contributed by atoms with Crippen LogP contribution in [-0.4, -0.2) is 36.0 Å². The Morgan fingerprint density at radius 3 is 2.19 bits per heavy atom. The average Bonchev–Trinajstić information content (AvgIpc) is 3.18. The molecule has 110 valence electrons. The van der Waals surface area contributed by atoms with Gasteiger partial charge >= 0.3 is 0 Å². The molecule has 2 amide bonds. The first-order chi connectivity index (χ1) is 10.2. The maximum absolute atomic E-state index is 12.5. The molecule has 3 aliphatic heterocycles. The molecule has 4 atom stereocenters. The summed E-state index contributed by atoms with van der Waals surface area (Å²) < 4.78 is 10.8. The summed E-state index contributed by atoms with van der Waals surface area (Å²) in [6.07, 6.45) is 1.72. The van der Waals surface area contributed by atoms with E-state index in [1.807, 2.05) is 24.3 Å². The fourth-order valence-electron chi connectivity index (χ4n) is 3.84. The average molecular weight is 287 g/mol. The first-order valence-electron chi connectivity index (χ1n) is 7.32. The van der Waals surface area contributed by atoms with Gasteiger partial charge in [-0.05, 0) is 30.5 Å². The van der Waals surface area contributed by atoms with Crippen LogP contribution in [0.4, 0.5) is 0 Å². The predicted octanol–water partition coefficient (Wildman–Crippen LogP) is 1.36. The maximum Gasteiger partial charge on any atom is 0.236 e. The lowest BCUT2D eigenvalue weighted by Crippen LogP contribution is -2.33. The maximum atomic E-state index is 12.5. The summed E-state index contributed by atoms with van der Waals surface area (Å²) in [5.74, 6) is 0.158. The Bertz CT molecular complexity index is 569. The molecule has 3 heterocycles. The largest absolute Gasteiger partial charge is 0.497 e. The second-order valence-electron chi connectivity index (χ2n) is 5.95. The highest BCUT2D eigenvalue weighted by molar-refractivity contribution is 6.06. The lowest BCUT2D eigenvalue weighted by molar-refractivity contribution is -0.143. The Morgan fingerprint density at radius 1 is 1.10 bits per heavy atom. The third-order valence-electron chi connectivity index (χ3n) is 4.88. The molecule has 0 N–H and O–H groups in total. The van der Waals surface area contributed by atoms with Crippen LogP contribution in [0.2, 0.25) is 0 Å². The van der Waals surface area contributed by atoms with E-state index in [4.69, 9.17) is 9.47 Å². The van der Waals surface area contributed by atoms with Gasteiger partial charge in [-0.3, -0.25) is 14.5 Å². The van der Waals surface area contributed by atoms with Crippen LogP contribution in [0, 0.1) is 11.8 Å². The SMILES string of the molecule is COc1ccc(CN2C(=O)[C@@H]3[C@H](C2=O)[C@@H]2CC[C@H]3O2)cc1. The molecule has 1 aromatic rings. The molecule has 3 aliphatic rings. The molecule has 3 saturated heterocycles. The lowest BCUT2D eigenvalue weighted by atomic mass is 9.81. The highest BCUT2D eigenvalue weighted by atomic mass is 16.5. The molecule has 0 saturated carbocycles. The molecule has 3 fully saturated rings. The highest BCUT2D eigenvalue weighted by Crippen LogP contribution is 2.48. The van der Waals surface area contributed by atoms with Crippen molar-refractivity contribution in [1.29, 1.82) is 0 Å². The number of carbonyl (C=O) groups excluding carboxylic acids is 2. The van der Waals surface area contributed by atoms with Crippen LogP contribution in [-0.2, 0) is 20.9 Å². The number of rotatable bonds is 3. The van der Waals surface area contributed by atoms with Crippen LogP contribution in [0.3, 0.4) is 0 Å². The van der Waals surface area contributed by atoms with Crippen molar-refractivity contribution in [2.75, 3.05) is 7.11 Å². The third kappa shape index (κ3) is 1.80. The molecule has 1 aromatic carbocycles. The molecule has 4 rings (SSSR count). The van der Waals surface area contributed by atoms with Crippen molar-refractivity contribution in [2.45, 2.75) is 31.6 Å². The zero-order valence-electron chi connectivity index (χ0n) is 11.8. The van der Waals surface area contributed by atoms with Gasteiger partial charge in [-0.2, -0.15) is 0 Å². The second kappa shape index (κ2) is 4.56. The van der Waals surface area contributed by atoms with Crippen molar-refractivity contribution in [3.05, 3.63) is 29.8 Å². The van der Waals surface area contributed by atoms with Gasteiger partial charge in [-0.25, -0.2) is 0 Å². The number of fused-ring (bicyclic) bond motifs is 5. The van der Waals surface area contributed by atoms with Crippen LogP contribution >= 0.6 is 0 Å². The van der Waals surface area contributed by atoms with Crippen molar-refractivity contribution in [3.63, 3.8) is 0 Å². The van der Waals surface area contributed by atoms with E-state index < -0.39 is 0 Å². The highest BCUT2D eigenvalue weighted by Gasteiger charge is 2.62. The van der Waals surface area contributed by atoms with Gasteiger partial charge < -0.3 is 9.47 Å². The first kappa shape index (κ1) is 12.8. The Kier molecular flexibility index (Phi) is 2.79. The van der Waals surface area contributed by atoms with E-state index in [9.17, 15) is 9.59 Å². The summed E-state index contributed by atoms with van der Waals surface area (Å²) in [7, 11) is 1.61. The Labute approximate surface area is 122 Å². The van der Waals surface area contributed by atoms with Crippen LogP contribution < -0.4 is 4.74 Å². The van der Waals surface area contributed by atoms with E-state index in [2.05, 4.69) is 0 Å². The van der Waals surface area contributed by atoms with E-state index in [-0.39, 0.29) is 35.9 Å². The van der Waals surface area contributed by atoms with E-state index in [1.54, 1.807) is 7.11 Å². The standard InChI is InChI=1S/C16H17NO4/c1-20-10-4-2-9(3-5-10)8-17-15(18)13-11-6-7-12(21-11)14(13)16(17)19/h2-5,11-14H,6-8H2,1H3/t11-,12+,13+,14-. The Morgan fingerprint density at radius 2 is 1.67 bits per heavy atom. The molecule has 2 bridgehead atoms. The van der Waals surface area contributed by atoms with Gasteiger partial charge in [0.25, 0.3) is 0 Å². The monoisotopic (exact) mass is 287 g/mol. The zero-order valence-corrected chi connectivity index (χ0v) is 11.8. The fraction of sp³-hybridized carbons (Fsp3) is 0.500. The smallest absolute Gasteiger partial charge is 0.236 e. The molecule has 0 aromatic heterocycles. The molecular formula is C16H17NO4. The zero-order chi connectivity index (χ0) is 14.6. The minimum atomic E-state index is -0.241. The first-order valence-corrected chi connectivity index (χ1v) is 7.32. The number of carbonyl (C=O) groups is 2. The number of hydrogen-bond acceptors (Lipinski definition) is 4. The number of hydrogen-bond donors (Lipinski definition) is 0. The minimum Gasteiger partial charge on any atom is -0.497 e. The number of amides is 2. The van der Waals surface area contributed by atoms with E-state index in [0.29, 0.717) is 6.54 Å². The third-order valence-corrected chi connectivity index (χ3v) is 4.88. The minimum absolute atomic E-state index is 0.0442. The number of benzene rings is 1. The van der Waals surface area contributed by atoms with E-state index in [1.165, 1.54) is 4.90 Å². The molecule has 0 unspecified atom stereocenters. The van der Waals surface area contributed by atoms with Crippen LogP contribution in [0.5, 0.6) is 5.75 Å². The van der Waals surface area contributed by atoms with Gasteiger partial charge in [0, 0.05) is 0 Å². The van der Waals surface area contributed by atoms with Gasteiger partial charge in [0.1, 0.15) is 5.75 Å². The van der Waals surface area contributed by atoms with Gasteiger partial charge in [0.2, 0.25) is 11.8 Å². The number of ether oxygens (including phenoxy) is 2. The summed E-state index contributed by atoms with van der Waals surface area (Å²) in [5, 5.41) is 0. The number of imide groups is 1. The van der Waals surface area contributed by atoms with Gasteiger partial charge in [-0.15, -0.1) is 0 Å². The summed E-state index contributed by atoms with van der Waals surface area (Å²) in [6, 6.07) is 7.46. The van der Waals surface area contributed by atoms with Crippen molar-refractivity contribution < 1.29 is 19.1 Å². The fourth-order valence-corrected chi connectivity index (χ4v) is 3.84.